The molecule has 0 aromatic heterocycles. The lowest BCUT2D eigenvalue weighted by molar-refractivity contribution is 0.775. The lowest BCUT2D eigenvalue weighted by Gasteiger charge is -2.33. The van der Waals surface area contributed by atoms with E-state index in [1.807, 2.05) is 0 Å². The molecule has 0 aliphatic rings. The fourth-order valence-corrected chi connectivity index (χ4v) is 7.25. The first-order valence-electron chi connectivity index (χ1n) is 6.81. The predicted octanol–water partition coefficient (Wildman–Crippen LogP) is 1.51. The van der Waals surface area contributed by atoms with Gasteiger partial charge in [0, 0.05) is 0 Å². The molecule has 0 spiro atoms. The van der Waals surface area contributed by atoms with Gasteiger partial charge in [-0.15, -0.1) is 0 Å². The third-order valence-electron chi connectivity index (χ3n) is 3.84. The molecule has 0 aliphatic heterocycles. The van der Waals surface area contributed by atoms with Crippen LogP contribution >= 0.6 is 0 Å². The average Bonchev–Trinajstić information content (AvgIpc) is 2.46. The lowest BCUT2D eigenvalue weighted by atomic mass is 10.4. The van der Waals surface area contributed by atoms with Crippen LogP contribution < -0.4 is 21.8 Å². The van der Waals surface area contributed by atoms with Gasteiger partial charge in [-0.3, -0.25) is 0 Å². The van der Waals surface area contributed by atoms with Crippen molar-refractivity contribution in [3.63, 3.8) is 0 Å². The van der Waals surface area contributed by atoms with Gasteiger partial charge in [-0.1, -0.05) is 84.0 Å². The molecule has 0 atom stereocenters. The molecule has 0 radical (unpaired) electrons. The Kier molecular flexibility index (Phi) is 4.53. The van der Waals surface area contributed by atoms with E-state index in [1.165, 1.54) is 10.4 Å². The Bertz CT molecular complexity index is 457. The van der Waals surface area contributed by atoms with Crippen LogP contribution in [0, 0.1) is 0 Å². The summed E-state index contributed by atoms with van der Waals surface area (Å²) in [6.45, 7) is 2.26. The Balaban J connectivity index is 2.55. The fourth-order valence-electron chi connectivity index (χ4n) is 2.87. The standard InChI is InChI=1S/C16H22N2Si/c1-2-19(13-16(17)18,14-9-5-3-6-10-14)15-11-7-4-8-12-15/h3-12,16H,2,13,17-18H2,1H3. The largest absolute Gasteiger partial charge is 0.316 e. The molecule has 19 heavy (non-hydrogen) atoms. The summed E-state index contributed by atoms with van der Waals surface area (Å²) in [6.07, 6.45) is -0.257. The van der Waals surface area contributed by atoms with E-state index < -0.39 is 8.07 Å². The average molecular weight is 270 g/mol. The number of rotatable bonds is 5. The number of nitrogens with two attached hydrogens (primary N) is 2. The van der Waals surface area contributed by atoms with Crippen LogP contribution in [0.5, 0.6) is 0 Å². The molecule has 2 aromatic carbocycles. The minimum atomic E-state index is -1.83. The zero-order valence-corrected chi connectivity index (χ0v) is 12.4. The van der Waals surface area contributed by atoms with Crippen molar-refractivity contribution in [1.29, 1.82) is 0 Å². The summed E-state index contributed by atoms with van der Waals surface area (Å²) in [5.74, 6) is 0. The van der Waals surface area contributed by atoms with Gasteiger partial charge in [0.25, 0.3) is 0 Å². The second-order valence-corrected chi connectivity index (χ2v) is 9.47. The predicted molar refractivity (Wildman–Crippen MR) is 85.4 cm³/mol. The van der Waals surface area contributed by atoms with Crippen molar-refractivity contribution in [2.45, 2.75) is 25.2 Å². The molecule has 4 N–H and O–H groups in total. The lowest BCUT2D eigenvalue weighted by Crippen LogP contribution is -2.61. The highest BCUT2D eigenvalue weighted by molar-refractivity contribution is 7.02. The van der Waals surface area contributed by atoms with E-state index >= 15 is 0 Å². The van der Waals surface area contributed by atoms with Gasteiger partial charge in [-0.25, -0.2) is 0 Å². The molecule has 0 saturated heterocycles. The first-order chi connectivity index (χ1) is 9.19. The Hall–Kier alpha value is -1.42. The Labute approximate surface area is 116 Å². The minimum absolute atomic E-state index is 0.257. The molecule has 0 heterocycles. The van der Waals surface area contributed by atoms with Gasteiger partial charge in [0.2, 0.25) is 0 Å². The first-order valence-corrected chi connectivity index (χ1v) is 9.22. The Morgan fingerprint density at radius 1 is 0.842 bits per heavy atom. The molecular weight excluding hydrogens is 248 g/mol. The summed E-state index contributed by atoms with van der Waals surface area (Å²) in [6, 6.07) is 23.5. The van der Waals surface area contributed by atoms with E-state index in [4.69, 9.17) is 11.5 Å². The van der Waals surface area contributed by atoms with E-state index in [0.29, 0.717) is 0 Å². The third kappa shape index (κ3) is 2.95. The highest BCUT2D eigenvalue weighted by Crippen LogP contribution is 2.16. The summed E-state index contributed by atoms with van der Waals surface area (Å²) in [5.41, 5.74) is 11.9. The van der Waals surface area contributed by atoms with Crippen LogP contribution in [-0.2, 0) is 0 Å². The molecular formula is C16H22N2Si. The van der Waals surface area contributed by atoms with Gasteiger partial charge in [-0.2, -0.15) is 0 Å². The SMILES string of the molecule is CC[Si](CC(N)N)(c1ccccc1)c1ccccc1. The van der Waals surface area contributed by atoms with Crippen molar-refractivity contribution in [2.75, 3.05) is 0 Å². The van der Waals surface area contributed by atoms with E-state index in [2.05, 4.69) is 67.6 Å². The molecule has 0 saturated carbocycles. The molecule has 2 aromatic rings. The number of hydrogen-bond acceptors (Lipinski definition) is 2. The van der Waals surface area contributed by atoms with E-state index in [-0.39, 0.29) is 6.17 Å². The van der Waals surface area contributed by atoms with Gasteiger partial charge in [0.15, 0.2) is 0 Å². The van der Waals surface area contributed by atoms with Crippen molar-refractivity contribution in [2.24, 2.45) is 11.5 Å². The number of hydrogen-bond donors (Lipinski definition) is 2. The first kappa shape index (κ1) is 14.0. The summed E-state index contributed by atoms with van der Waals surface area (Å²) >= 11 is 0. The van der Waals surface area contributed by atoms with Crippen molar-refractivity contribution in [1.82, 2.24) is 0 Å². The van der Waals surface area contributed by atoms with Crippen LogP contribution in [0.3, 0.4) is 0 Å². The Morgan fingerprint density at radius 3 is 1.58 bits per heavy atom. The van der Waals surface area contributed by atoms with E-state index in [9.17, 15) is 0 Å². The van der Waals surface area contributed by atoms with Crippen molar-refractivity contribution in [3.05, 3.63) is 60.7 Å². The smallest absolute Gasteiger partial charge is 0.120 e. The summed E-state index contributed by atoms with van der Waals surface area (Å²) in [7, 11) is -1.83. The van der Waals surface area contributed by atoms with Crippen LogP contribution in [0.15, 0.2) is 60.7 Å². The summed E-state index contributed by atoms with van der Waals surface area (Å²) < 4.78 is 0. The maximum atomic E-state index is 5.94. The molecule has 0 amide bonds. The van der Waals surface area contributed by atoms with Crippen LogP contribution in [0.1, 0.15) is 6.92 Å². The molecule has 0 aliphatic carbocycles. The topological polar surface area (TPSA) is 52.0 Å². The van der Waals surface area contributed by atoms with Crippen LogP contribution in [0.4, 0.5) is 0 Å². The van der Waals surface area contributed by atoms with Crippen LogP contribution in [0.2, 0.25) is 12.1 Å². The molecule has 0 bridgehead atoms. The Morgan fingerprint density at radius 2 is 1.26 bits per heavy atom. The quantitative estimate of drug-likeness (QED) is 0.639. The number of benzene rings is 2. The van der Waals surface area contributed by atoms with E-state index in [1.54, 1.807) is 0 Å². The molecule has 100 valence electrons. The molecule has 0 unspecified atom stereocenters. The summed E-state index contributed by atoms with van der Waals surface area (Å²) in [4.78, 5) is 0. The van der Waals surface area contributed by atoms with Crippen molar-refractivity contribution in [3.8, 4) is 0 Å². The van der Waals surface area contributed by atoms with Crippen molar-refractivity contribution < 1.29 is 0 Å². The normalized spacial score (nSPS) is 11.8. The van der Waals surface area contributed by atoms with Gasteiger partial charge < -0.3 is 11.5 Å². The zero-order chi connectivity index (χ0) is 13.7. The third-order valence-corrected chi connectivity index (χ3v) is 9.09. The second kappa shape index (κ2) is 6.15. The highest BCUT2D eigenvalue weighted by atomic mass is 28.3. The monoisotopic (exact) mass is 270 g/mol. The van der Waals surface area contributed by atoms with E-state index in [0.717, 1.165) is 12.1 Å². The van der Waals surface area contributed by atoms with Crippen LogP contribution in [0.25, 0.3) is 0 Å². The fraction of sp³-hybridized carbons (Fsp3) is 0.250. The second-order valence-electron chi connectivity index (χ2n) is 5.04. The highest BCUT2D eigenvalue weighted by Gasteiger charge is 2.36. The molecule has 2 nitrogen and oxygen atoms in total. The van der Waals surface area contributed by atoms with Gasteiger partial charge in [0.1, 0.15) is 8.07 Å². The molecule has 2 rings (SSSR count). The molecule has 3 heteroatoms. The maximum Gasteiger partial charge on any atom is 0.120 e. The van der Waals surface area contributed by atoms with Crippen LogP contribution in [-0.4, -0.2) is 14.2 Å². The minimum Gasteiger partial charge on any atom is -0.316 e. The summed E-state index contributed by atoms with van der Waals surface area (Å²) in [5, 5.41) is 2.84. The van der Waals surface area contributed by atoms with Gasteiger partial charge in [0.05, 0.1) is 6.17 Å². The molecule has 0 fully saturated rings. The maximum absolute atomic E-state index is 5.94. The van der Waals surface area contributed by atoms with Crippen molar-refractivity contribution >= 4 is 18.4 Å². The zero-order valence-electron chi connectivity index (χ0n) is 11.4. The van der Waals surface area contributed by atoms with Gasteiger partial charge >= 0.3 is 0 Å². The van der Waals surface area contributed by atoms with Gasteiger partial charge in [-0.05, 0) is 6.04 Å².